The van der Waals surface area contributed by atoms with Gasteiger partial charge < -0.3 is 9.47 Å². The maximum Gasteiger partial charge on any atom is 0.412 e. The molecule has 1 saturated carbocycles. The number of carbonyl (C=O) groups excluding carboxylic acids is 1. The zero-order valence-corrected chi connectivity index (χ0v) is 16.1. The molecule has 1 aromatic carbocycles. The van der Waals surface area contributed by atoms with Crippen molar-refractivity contribution < 1.29 is 14.3 Å². The van der Waals surface area contributed by atoms with Gasteiger partial charge in [0.1, 0.15) is 6.10 Å². The molecule has 25 heavy (non-hydrogen) atoms. The first kappa shape index (κ1) is 20.3. The van der Waals surface area contributed by atoms with Crippen LogP contribution in [-0.4, -0.2) is 49.4 Å². The molecular weight excluding hydrogens is 363 g/mol. The van der Waals surface area contributed by atoms with E-state index in [2.05, 4.69) is 10.2 Å². The highest BCUT2D eigenvalue weighted by molar-refractivity contribution is 6.33. The van der Waals surface area contributed by atoms with Gasteiger partial charge in [0.15, 0.2) is 0 Å². The molecule has 1 aromatic rings. The summed E-state index contributed by atoms with van der Waals surface area (Å²) in [6.45, 7) is 5.26. The standard InChI is InChI=1S/C18H25ClN2O3.ClH/c1-13-5-4-6-14(19)17(13)20-18(22)24-16-8-3-2-7-15(16)21-9-11-23-12-10-21;/h4-6,15-16H,2-3,7-12H2,1H3,(H,20,22);1H. The van der Waals surface area contributed by atoms with E-state index in [-0.39, 0.29) is 18.5 Å². The van der Waals surface area contributed by atoms with Crippen LogP contribution in [0.25, 0.3) is 0 Å². The van der Waals surface area contributed by atoms with Gasteiger partial charge in [-0.15, -0.1) is 12.4 Å². The first-order valence-electron chi connectivity index (χ1n) is 8.69. The molecule has 0 radical (unpaired) electrons. The highest BCUT2D eigenvalue weighted by Gasteiger charge is 2.33. The van der Waals surface area contributed by atoms with Crippen molar-refractivity contribution in [3.8, 4) is 0 Å². The van der Waals surface area contributed by atoms with Gasteiger partial charge in [0.25, 0.3) is 0 Å². The summed E-state index contributed by atoms with van der Waals surface area (Å²) in [5.41, 5.74) is 1.55. The Balaban J connectivity index is 0.00000225. The van der Waals surface area contributed by atoms with Crippen molar-refractivity contribution in [1.29, 1.82) is 0 Å². The summed E-state index contributed by atoms with van der Waals surface area (Å²) in [7, 11) is 0. The third kappa shape index (κ3) is 5.23. The second-order valence-corrected chi connectivity index (χ2v) is 6.91. The number of nitrogens with one attached hydrogen (secondary N) is 1. The van der Waals surface area contributed by atoms with E-state index >= 15 is 0 Å². The van der Waals surface area contributed by atoms with Gasteiger partial charge in [-0.2, -0.15) is 0 Å². The van der Waals surface area contributed by atoms with Gasteiger partial charge in [-0.25, -0.2) is 4.79 Å². The summed E-state index contributed by atoms with van der Waals surface area (Å²) >= 11 is 6.17. The molecule has 1 aliphatic carbocycles. The summed E-state index contributed by atoms with van der Waals surface area (Å²) in [4.78, 5) is 14.8. The van der Waals surface area contributed by atoms with Gasteiger partial charge >= 0.3 is 6.09 Å². The van der Waals surface area contributed by atoms with Crippen LogP contribution in [0, 0.1) is 6.92 Å². The highest BCUT2D eigenvalue weighted by atomic mass is 35.5. The normalized spacial score (nSPS) is 24.2. The molecule has 1 heterocycles. The summed E-state index contributed by atoms with van der Waals surface area (Å²) in [5.74, 6) is 0. The number of halogens is 2. The molecule has 7 heteroatoms. The van der Waals surface area contributed by atoms with Crippen LogP contribution < -0.4 is 5.32 Å². The van der Waals surface area contributed by atoms with Gasteiger partial charge in [0, 0.05) is 19.1 Å². The van der Waals surface area contributed by atoms with Crippen molar-refractivity contribution in [2.75, 3.05) is 31.6 Å². The van der Waals surface area contributed by atoms with Crippen LogP contribution in [0.4, 0.5) is 10.5 Å². The SMILES string of the molecule is Cc1cccc(Cl)c1NC(=O)OC1CCCCC1N1CCOCC1.Cl. The number of aryl methyl sites for hydroxylation is 1. The molecule has 2 fully saturated rings. The van der Waals surface area contributed by atoms with E-state index in [1.165, 1.54) is 6.42 Å². The van der Waals surface area contributed by atoms with Gasteiger partial charge in [0.05, 0.1) is 23.9 Å². The van der Waals surface area contributed by atoms with Crippen molar-refractivity contribution in [1.82, 2.24) is 4.90 Å². The van der Waals surface area contributed by atoms with E-state index in [9.17, 15) is 4.79 Å². The molecule has 5 nitrogen and oxygen atoms in total. The number of anilines is 1. The zero-order chi connectivity index (χ0) is 16.9. The predicted octanol–water partition coefficient (Wildman–Crippen LogP) is 4.26. The predicted molar refractivity (Wildman–Crippen MR) is 102 cm³/mol. The van der Waals surface area contributed by atoms with Crippen molar-refractivity contribution >= 4 is 35.8 Å². The monoisotopic (exact) mass is 388 g/mol. The van der Waals surface area contributed by atoms with Crippen molar-refractivity contribution in [3.63, 3.8) is 0 Å². The molecule has 1 aliphatic heterocycles. The number of carbonyl (C=O) groups is 1. The third-order valence-corrected chi connectivity index (χ3v) is 5.20. The maximum atomic E-state index is 12.4. The average Bonchev–Trinajstić information content (AvgIpc) is 2.60. The number of ether oxygens (including phenoxy) is 2. The van der Waals surface area contributed by atoms with Crippen LogP contribution in [0.5, 0.6) is 0 Å². The molecule has 2 aliphatic rings. The third-order valence-electron chi connectivity index (χ3n) is 4.89. The molecule has 0 bridgehead atoms. The smallest absolute Gasteiger partial charge is 0.412 e. The van der Waals surface area contributed by atoms with Crippen molar-refractivity contribution in [2.45, 2.75) is 44.8 Å². The van der Waals surface area contributed by atoms with Crippen LogP contribution in [-0.2, 0) is 9.47 Å². The molecule has 2 unspecified atom stereocenters. The zero-order valence-electron chi connectivity index (χ0n) is 14.5. The minimum atomic E-state index is -0.420. The molecule has 3 rings (SSSR count). The van der Waals surface area contributed by atoms with Gasteiger partial charge in [-0.05, 0) is 37.8 Å². The lowest BCUT2D eigenvalue weighted by Gasteiger charge is -2.40. The molecule has 140 valence electrons. The lowest BCUT2D eigenvalue weighted by molar-refractivity contribution is -0.0386. The van der Waals surface area contributed by atoms with Crippen molar-refractivity contribution in [3.05, 3.63) is 28.8 Å². The highest BCUT2D eigenvalue weighted by Crippen LogP contribution is 2.28. The Bertz CT molecular complexity index is 559. The Morgan fingerprint density at radius 1 is 1.28 bits per heavy atom. The summed E-state index contributed by atoms with van der Waals surface area (Å²) < 4.78 is 11.2. The second kappa shape index (κ2) is 9.62. The minimum absolute atomic E-state index is 0. The second-order valence-electron chi connectivity index (χ2n) is 6.50. The fraction of sp³-hybridized carbons (Fsp3) is 0.611. The number of hydrogen-bond acceptors (Lipinski definition) is 4. The van der Waals surface area contributed by atoms with Crippen molar-refractivity contribution in [2.24, 2.45) is 0 Å². The van der Waals surface area contributed by atoms with Crippen LogP contribution in [0.15, 0.2) is 18.2 Å². The molecule has 1 N–H and O–H groups in total. The molecule has 1 saturated heterocycles. The summed E-state index contributed by atoms with van der Waals surface area (Å²) in [5, 5.41) is 3.34. The van der Waals surface area contributed by atoms with Crippen LogP contribution in [0.3, 0.4) is 0 Å². The number of nitrogens with zero attached hydrogens (tertiary/aromatic N) is 1. The quantitative estimate of drug-likeness (QED) is 0.839. The largest absolute Gasteiger partial charge is 0.444 e. The number of benzene rings is 1. The fourth-order valence-corrected chi connectivity index (χ4v) is 3.87. The summed E-state index contributed by atoms with van der Waals surface area (Å²) in [6.07, 6.45) is 3.79. The molecule has 2 atom stereocenters. The van der Waals surface area contributed by atoms with E-state index in [0.717, 1.165) is 51.1 Å². The molecule has 0 aromatic heterocycles. The van der Waals surface area contributed by atoms with Crippen LogP contribution in [0.2, 0.25) is 5.02 Å². The number of hydrogen-bond donors (Lipinski definition) is 1. The molecule has 1 amide bonds. The number of rotatable bonds is 3. The van der Waals surface area contributed by atoms with Crippen LogP contribution in [0.1, 0.15) is 31.2 Å². The minimum Gasteiger partial charge on any atom is -0.444 e. The van der Waals surface area contributed by atoms with E-state index in [1.54, 1.807) is 6.07 Å². The first-order chi connectivity index (χ1) is 11.6. The van der Waals surface area contributed by atoms with E-state index in [0.29, 0.717) is 16.8 Å². The number of morpholine rings is 1. The lowest BCUT2D eigenvalue weighted by Crippen LogP contribution is -2.51. The first-order valence-corrected chi connectivity index (χ1v) is 9.07. The maximum absolute atomic E-state index is 12.4. The Labute approximate surface area is 160 Å². The topological polar surface area (TPSA) is 50.8 Å². The van der Waals surface area contributed by atoms with Gasteiger partial charge in [-0.1, -0.05) is 30.2 Å². The van der Waals surface area contributed by atoms with Gasteiger partial charge in [0.2, 0.25) is 0 Å². The van der Waals surface area contributed by atoms with E-state index in [1.807, 2.05) is 19.1 Å². The van der Waals surface area contributed by atoms with Gasteiger partial charge in [-0.3, -0.25) is 10.2 Å². The molecular formula is C18H26Cl2N2O3. The lowest BCUT2D eigenvalue weighted by atomic mass is 9.91. The Morgan fingerprint density at radius 2 is 2.00 bits per heavy atom. The molecule has 0 spiro atoms. The Hall–Kier alpha value is -1.01. The summed E-state index contributed by atoms with van der Waals surface area (Å²) in [6, 6.07) is 5.84. The number of para-hydroxylation sites is 1. The fourth-order valence-electron chi connectivity index (χ4n) is 3.60. The number of amides is 1. The van der Waals surface area contributed by atoms with Crippen LogP contribution >= 0.6 is 24.0 Å². The van der Waals surface area contributed by atoms with E-state index < -0.39 is 6.09 Å². The Morgan fingerprint density at radius 3 is 2.72 bits per heavy atom. The van der Waals surface area contributed by atoms with E-state index in [4.69, 9.17) is 21.1 Å². The Kier molecular flexibility index (Phi) is 7.81. The average molecular weight is 389 g/mol.